The number of nitrogens with one attached hydrogen (secondary N) is 1. The zero-order valence-corrected chi connectivity index (χ0v) is 10.2. The minimum atomic E-state index is -0.251. The molecular weight excluding hydrogens is 194 g/mol. The summed E-state index contributed by atoms with van der Waals surface area (Å²) in [6.07, 6.45) is 3.92. The molecule has 1 unspecified atom stereocenters. The maximum absolute atomic E-state index is 11.6. The van der Waals surface area contributed by atoms with Crippen molar-refractivity contribution in [2.45, 2.75) is 45.3 Å². The standard InChI is InChI=1S/C11H21NOS/c1-11(2,3)10(13)12-8-9-6-4-5-7-14-9/h9H,4-8H2,1-3H3,(H,12,13). The quantitative estimate of drug-likeness (QED) is 0.766. The molecule has 1 saturated heterocycles. The lowest BCUT2D eigenvalue weighted by Gasteiger charge is -2.24. The summed E-state index contributed by atoms with van der Waals surface area (Å²) in [6.45, 7) is 6.71. The molecule has 1 aliphatic heterocycles. The van der Waals surface area contributed by atoms with E-state index in [2.05, 4.69) is 5.32 Å². The van der Waals surface area contributed by atoms with Crippen LogP contribution in [-0.2, 0) is 4.79 Å². The van der Waals surface area contributed by atoms with E-state index in [1.807, 2.05) is 32.5 Å². The second-order valence-electron chi connectivity index (χ2n) is 4.95. The normalized spacial score (nSPS) is 23.2. The SMILES string of the molecule is CC(C)(C)C(=O)NCC1CCCCS1. The molecule has 1 N–H and O–H groups in total. The Morgan fingerprint density at radius 3 is 2.64 bits per heavy atom. The molecule has 0 aromatic heterocycles. The van der Waals surface area contributed by atoms with Crippen LogP contribution >= 0.6 is 11.8 Å². The Hall–Kier alpha value is -0.180. The Balaban J connectivity index is 2.22. The van der Waals surface area contributed by atoms with Crippen LogP contribution in [0.25, 0.3) is 0 Å². The van der Waals surface area contributed by atoms with Gasteiger partial charge in [0.2, 0.25) is 5.91 Å². The van der Waals surface area contributed by atoms with Crippen molar-refractivity contribution in [3.05, 3.63) is 0 Å². The summed E-state index contributed by atoms with van der Waals surface area (Å²) in [6, 6.07) is 0. The highest BCUT2D eigenvalue weighted by Crippen LogP contribution is 2.24. The topological polar surface area (TPSA) is 29.1 Å². The Bertz CT molecular complexity index is 192. The monoisotopic (exact) mass is 215 g/mol. The molecule has 0 aromatic carbocycles. The van der Waals surface area contributed by atoms with Gasteiger partial charge in [-0.3, -0.25) is 4.79 Å². The van der Waals surface area contributed by atoms with Crippen molar-refractivity contribution >= 4 is 17.7 Å². The van der Waals surface area contributed by atoms with Gasteiger partial charge in [0, 0.05) is 17.2 Å². The number of thioether (sulfide) groups is 1. The summed E-state index contributed by atoms with van der Waals surface area (Å²) in [7, 11) is 0. The van der Waals surface area contributed by atoms with Gasteiger partial charge in [-0.1, -0.05) is 27.2 Å². The number of amides is 1. The van der Waals surface area contributed by atoms with Crippen molar-refractivity contribution in [2.24, 2.45) is 5.41 Å². The molecule has 0 aromatic rings. The average Bonchev–Trinajstić information content (AvgIpc) is 2.14. The second-order valence-corrected chi connectivity index (χ2v) is 6.36. The van der Waals surface area contributed by atoms with Gasteiger partial charge < -0.3 is 5.32 Å². The number of rotatable bonds is 2. The second kappa shape index (κ2) is 5.06. The lowest BCUT2D eigenvalue weighted by Crippen LogP contribution is -2.39. The molecule has 2 nitrogen and oxygen atoms in total. The van der Waals surface area contributed by atoms with E-state index in [0.717, 1.165) is 6.54 Å². The van der Waals surface area contributed by atoms with E-state index in [-0.39, 0.29) is 11.3 Å². The number of carbonyl (C=O) groups is 1. The highest BCUT2D eigenvalue weighted by Gasteiger charge is 2.22. The van der Waals surface area contributed by atoms with Crippen molar-refractivity contribution in [3.63, 3.8) is 0 Å². The summed E-state index contributed by atoms with van der Waals surface area (Å²) in [5, 5.41) is 3.68. The molecule has 0 bridgehead atoms. The van der Waals surface area contributed by atoms with Gasteiger partial charge in [0.05, 0.1) is 0 Å². The Labute approximate surface area is 91.2 Å². The minimum absolute atomic E-state index is 0.170. The average molecular weight is 215 g/mol. The Kier molecular flexibility index (Phi) is 4.30. The third-order valence-corrected chi connectivity index (χ3v) is 3.84. The van der Waals surface area contributed by atoms with E-state index in [1.165, 1.54) is 25.0 Å². The maximum atomic E-state index is 11.6. The molecule has 1 amide bonds. The van der Waals surface area contributed by atoms with E-state index < -0.39 is 0 Å². The summed E-state index contributed by atoms with van der Waals surface area (Å²) in [5.41, 5.74) is -0.251. The van der Waals surface area contributed by atoms with E-state index in [0.29, 0.717) is 5.25 Å². The molecule has 1 aliphatic rings. The maximum Gasteiger partial charge on any atom is 0.225 e. The molecule has 0 saturated carbocycles. The fourth-order valence-electron chi connectivity index (χ4n) is 1.44. The zero-order chi connectivity index (χ0) is 10.6. The van der Waals surface area contributed by atoms with Gasteiger partial charge >= 0.3 is 0 Å². The molecule has 1 rings (SSSR count). The molecule has 0 aliphatic carbocycles. The number of hydrogen-bond donors (Lipinski definition) is 1. The van der Waals surface area contributed by atoms with Crippen molar-refractivity contribution < 1.29 is 4.79 Å². The van der Waals surface area contributed by atoms with Gasteiger partial charge in [-0.2, -0.15) is 11.8 Å². The fourth-order valence-corrected chi connectivity index (χ4v) is 2.68. The predicted octanol–water partition coefficient (Wildman–Crippen LogP) is 2.43. The van der Waals surface area contributed by atoms with Crippen LogP contribution < -0.4 is 5.32 Å². The Morgan fingerprint density at radius 1 is 1.43 bits per heavy atom. The largest absolute Gasteiger partial charge is 0.355 e. The lowest BCUT2D eigenvalue weighted by atomic mass is 9.95. The molecular formula is C11H21NOS. The van der Waals surface area contributed by atoms with E-state index in [1.54, 1.807) is 0 Å². The van der Waals surface area contributed by atoms with Crippen LogP contribution in [0.3, 0.4) is 0 Å². The van der Waals surface area contributed by atoms with Crippen molar-refractivity contribution in [2.75, 3.05) is 12.3 Å². The number of carbonyl (C=O) groups excluding carboxylic acids is 1. The molecule has 3 heteroatoms. The fraction of sp³-hybridized carbons (Fsp3) is 0.909. The third kappa shape index (κ3) is 3.91. The van der Waals surface area contributed by atoms with Crippen LogP contribution in [0.4, 0.5) is 0 Å². The number of hydrogen-bond acceptors (Lipinski definition) is 2. The van der Waals surface area contributed by atoms with Crippen LogP contribution in [0.2, 0.25) is 0 Å². The first kappa shape index (κ1) is 11.9. The van der Waals surface area contributed by atoms with E-state index in [4.69, 9.17) is 0 Å². The van der Waals surface area contributed by atoms with Crippen LogP contribution in [0, 0.1) is 5.41 Å². The molecule has 1 heterocycles. The summed E-state index contributed by atoms with van der Waals surface area (Å²) in [4.78, 5) is 11.6. The zero-order valence-electron chi connectivity index (χ0n) is 9.43. The van der Waals surface area contributed by atoms with Gasteiger partial charge in [-0.05, 0) is 18.6 Å². The van der Waals surface area contributed by atoms with Crippen molar-refractivity contribution in [1.29, 1.82) is 0 Å². The van der Waals surface area contributed by atoms with Gasteiger partial charge in [0.15, 0.2) is 0 Å². The first-order chi connectivity index (χ1) is 6.50. The summed E-state index contributed by atoms with van der Waals surface area (Å²) in [5.74, 6) is 1.43. The van der Waals surface area contributed by atoms with Gasteiger partial charge in [-0.25, -0.2) is 0 Å². The molecule has 1 fully saturated rings. The minimum Gasteiger partial charge on any atom is -0.355 e. The van der Waals surface area contributed by atoms with Crippen LogP contribution in [0.5, 0.6) is 0 Å². The van der Waals surface area contributed by atoms with Gasteiger partial charge in [0.1, 0.15) is 0 Å². The van der Waals surface area contributed by atoms with Crippen LogP contribution in [0.1, 0.15) is 40.0 Å². The van der Waals surface area contributed by atoms with Gasteiger partial charge in [-0.15, -0.1) is 0 Å². The van der Waals surface area contributed by atoms with Crippen LogP contribution in [-0.4, -0.2) is 23.5 Å². The molecule has 0 radical (unpaired) electrons. The third-order valence-electron chi connectivity index (χ3n) is 2.45. The van der Waals surface area contributed by atoms with E-state index in [9.17, 15) is 4.79 Å². The highest BCUT2D eigenvalue weighted by atomic mass is 32.2. The molecule has 14 heavy (non-hydrogen) atoms. The van der Waals surface area contributed by atoms with Crippen LogP contribution in [0.15, 0.2) is 0 Å². The summed E-state index contributed by atoms with van der Waals surface area (Å²) < 4.78 is 0. The first-order valence-electron chi connectivity index (χ1n) is 5.40. The first-order valence-corrected chi connectivity index (χ1v) is 6.45. The van der Waals surface area contributed by atoms with Crippen molar-refractivity contribution in [3.8, 4) is 0 Å². The summed E-state index contributed by atoms with van der Waals surface area (Å²) >= 11 is 2.00. The molecule has 82 valence electrons. The predicted molar refractivity (Wildman–Crippen MR) is 62.6 cm³/mol. The molecule has 0 spiro atoms. The van der Waals surface area contributed by atoms with E-state index >= 15 is 0 Å². The van der Waals surface area contributed by atoms with Crippen molar-refractivity contribution in [1.82, 2.24) is 5.32 Å². The van der Waals surface area contributed by atoms with Gasteiger partial charge in [0.25, 0.3) is 0 Å². The smallest absolute Gasteiger partial charge is 0.225 e. The molecule has 1 atom stereocenters. The Morgan fingerprint density at radius 2 is 2.14 bits per heavy atom. The highest BCUT2D eigenvalue weighted by molar-refractivity contribution is 7.99. The lowest BCUT2D eigenvalue weighted by molar-refractivity contribution is -0.128.